The lowest BCUT2D eigenvalue weighted by atomic mass is 9.97. The van der Waals surface area contributed by atoms with Gasteiger partial charge in [0.2, 0.25) is 11.8 Å². The van der Waals surface area contributed by atoms with Gasteiger partial charge in [-0.15, -0.1) is 0 Å². The number of hydrogen-bond donors (Lipinski definition) is 4. The number of ether oxygens (including phenoxy) is 1. The van der Waals surface area contributed by atoms with Crippen LogP contribution in [0.2, 0.25) is 0 Å². The summed E-state index contributed by atoms with van der Waals surface area (Å²) in [4.78, 5) is 48.0. The highest BCUT2D eigenvalue weighted by molar-refractivity contribution is 6.14. The fourth-order valence-corrected chi connectivity index (χ4v) is 5.50. The monoisotopic (exact) mass is 606 g/mol. The van der Waals surface area contributed by atoms with Crippen LogP contribution >= 0.6 is 0 Å². The fourth-order valence-electron chi connectivity index (χ4n) is 5.50. The van der Waals surface area contributed by atoms with Crippen LogP contribution < -0.4 is 21.1 Å². The zero-order chi connectivity index (χ0) is 31.7. The molecule has 1 aliphatic carbocycles. The van der Waals surface area contributed by atoms with Crippen LogP contribution in [-0.2, 0) is 16.1 Å². The number of hydrogen-bond acceptors (Lipinski definition) is 6. The van der Waals surface area contributed by atoms with E-state index in [1.165, 1.54) is 24.3 Å². The third-order valence-electron chi connectivity index (χ3n) is 7.84. The van der Waals surface area contributed by atoms with Gasteiger partial charge in [-0.3, -0.25) is 14.4 Å². The first-order chi connectivity index (χ1) is 21.6. The smallest absolute Gasteiger partial charge is 0.272 e. The molecule has 1 aliphatic rings. The van der Waals surface area contributed by atoms with Crippen molar-refractivity contribution in [2.45, 2.75) is 18.9 Å². The molecule has 0 aliphatic heterocycles. The van der Waals surface area contributed by atoms with Crippen LogP contribution in [0.1, 0.15) is 34.0 Å². The number of carbonyl (C=O) groups excluding carboxylic acids is 3. The number of carbonyl (C=O) groups is 3. The van der Waals surface area contributed by atoms with E-state index in [-0.39, 0.29) is 12.3 Å². The maximum absolute atomic E-state index is 13.3. The van der Waals surface area contributed by atoms with Crippen LogP contribution in [0.3, 0.4) is 0 Å². The number of nitrogens with zero attached hydrogens (tertiary/aromatic N) is 2. The van der Waals surface area contributed by atoms with Crippen molar-refractivity contribution in [3.05, 3.63) is 114 Å². The van der Waals surface area contributed by atoms with E-state index in [1.807, 2.05) is 38.4 Å². The molecule has 1 saturated carbocycles. The number of halogens is 1. The van der Waals surface area contributed by atoms with E-state index < -0.39 is 29.0 Å². The number of aromatic nitrogens is 2. The molecule has 2 heterocycles. The molecule has 6 rings (SSSR count). The summed E-state index contributed by atoms with van der Waals surface area (Å²) >= 11 is 0. The van der Waals surface area contributed by atoms with Crippen LogP contribution in [0.25, 0.3) is 11.0 Å². The van der Waals surface area contributed by atoms with E-state index in [2.05, 4.69) is 25.5 Å². The van der Waals surface area contributed by atoms with E-state index in [9.17, 15) is 18.8 Å². The second kappa shape index (κ2) is 11.9. The maximum Gasteiger partial charge on any atom is 0.272 e. The highest BCUT2D eigenvalue weighted by Gasteiger charge is 2.65. The maximum atomic E-state index is 13.3. The van der Waals surface area contributed by atoms with Crippen LogP contribution in [0.5, 0.6) is 11.5 Å². The molecule has 5 N–H and O–H groups in total. The van der Waals surface area contributed by atoms with Gasteiger partial charge < -0.3 is 31.0 Å². The number of nitrogens with one attached hydrogen (secondary N) is 3. The topological polar surface area (TPSA) is 142 Å². The number of benzene rings is 3. The number of pyridine rings is 1. The summed E-state index contributed by atoms with van der Waals surface area (Å²) in [6.45, 7) is 0.751. The lowest BCUT2D eigenvalue weighted by Gasteiger charge is -2.14. The van der Waals surface area contributed by atoms with Gasteiger partial charge in [0, 0.05) is 30.0 Å². The Morgan fingerprint density at radius 2 is 1.76 bits per heavy atom. The molecule has 228 valence electrons. The fraction of sp³-hybridized carbons (Fsp3) is 0.176. The molecule has 10 nitrogen and oxygen atoms in total. The van der Waals surface area contributed by atoms with Crippen molar-refractivity contribution < 1.29 is 23.5 Å². The molecule has 0 saturated heterocycles. The predicted octanol–water partition coefficient (Wildman–Crippen LogP) is 5.41. The minimum atomic E-state index is -1.40. The molecule has 3 aromatic carbocycles. The quantitative estimate of drug-likeness (QED) is 0.157. The van der Waals surface area contributed by atoms with Crippen molar-refractivity contribution in [2.24, 2.45) is 11.1 Å². The summed E-state index contributed by atoms with van der Waals surface area (Å²) in [5, 5.41) is 6.23. The van der Waals surface area contributed by atoms with Crippen LogP contribution in [-0.4, -0.2) is 46.7 Å². The van der Waals surface area contributed by atoms with E-state index in [1.54, 1.807) is 42.6 Å². The van der Waals surface area contributed by atoms with Crippen LogP contribution in [0.15, 0.2) is 91.1 Å². The van der Waals surface area contributed by atoms with E-state index in [4.69, 9.17) is 10.5 Å². The van der Waals surface area contributed by atoms with Gasteiger partial charge in [-0.05, 0) is 92.3 Å². The van der Waals surface area contributed by atoms with Gasteiger partial charge >= 0.3 is 0 Å². The summed E-state index contributed by atoms with van der Waals surface area (Å²) in [5.74, 6) is -1.40. The molecule has 0 radical (unpaired) electrons. The molecule has 1 fully saturated rings. The summed E-state index contributed by atoms with van der Waals surface area (Å²) in [5.41, 5.74) is 8.01. The summed E-state index contributed by atoms with van der Waals surface area (Å²) in [7, 11) is 3.97. The lowest BCUT2D eigenvalue weighted by Crippen LogP contribution is -2.37. The average Bonchev–Trinajstić information content (AvgIpc) is 3.63. The van der Waals surface area contributed by atoms with Gasteiger partial charge in [0.05, 0.1) is 5.39 Å². The molecule has 2 atom stereocenters. The zero-order valence-electron chi connectivity index (χ0n) is 24.6. The largest absolute Gasteiger partial charge is 0.457 e. The van der Waals surface area contributed by atoms with Gasteiger partial charge in [0.15, 0.2) is 0 Å². The normalized spacial score (nSPS) is 17.2. The number of amides is 3. The van der Waals surface area contributed by atoms with Crippen molar-refractivity contribution in [1.82, 2.24) is 14.9 Å². The Hall–Kier alpha value is -5.55. The van der Waals surface area contributed by atoms with Gasteiger partial charge in [0.25, 0.3) is 5.91 Å². The average molecular weight is 607 g/mol. The van der Waals surface area contributed by atoms with Crippen molar-refractivity contribution in [2.75, 3.05) is 24.7 Å². The van der Waals surface area contributed by atoms with Gasteiger partial charge in [-0.25, -0.2) is 9.37 Å². The molecule has 5 aromatic rings. The standard InChI is InChI=1S/C34H31FN6O4/c1-41(2)19-20-4-3-5-24(16-20)38-31(42)28-17-26-29(14-15-37-30(26)40-28)45-25-12-6-21(7-13-25)27-18-34(27,32(36)43)33(44)39-23-10-8-22(35)9-11-23/h3-17,27H,18-19H2,1-2H3,(H2,36,43)(H,37,40)(H,38,42)(H,39,44). The van der Waals surface area contributed by atoms with E-state index >= 15 is 0 Å². The Bertz CT molecular complexity index is 1900. The number of fused-ring (bicyclic) bond motifs is 1. The molecule has 0 bridgehead atoms. The lowest BCUT2D eigenvalue weighted by molar-refractivity contribution is -0.132. The van der Waals surface area contributed by atoms with Crippen molar-refractivity contribution in [3.8, 4) is 11.5 Å². The molecule has 0 spiro atoms. The minimum Gasteiger partial charge on any atom is -0.457 e. The highest BCUT2D eigenvalue weighted by Crippen LogP contribution is 2.60. The number of anilines is 2. The highest BCUT2D eigenvalue weighted by atomic mass is 19.1. The first-order valence-corrected chi connectivity index (χ1v) is 14.3. The molecule has 11 heteroatoms. The molecule has 45 heavy (non-hydrogen) atoms. The third kappa shape index (κ3) is 6.11. The Morgan fingerprint density at radius 1 is 1.00 bits per heavy atom. The number of H-pyrrole nitrogens is 1. The molecule has 2 aromatic heterocycles. The van der Waals surface area contributed by atoms with Crippen LogP contribution in [0, 0.1) is 11.2 Å². The van der Waals surface area contributed by atoms with E-state index in [0.29, 0.717) is 39.6 Å². The van der Waals surface area contributed by atoms with Crippen molar-refractivity contribution in [1.29, 1.82) is 0 Å². The van der Waals surface area contributed by atoms with Crippen molar-refractivity contribution in [3.63, 3.8) is 0 Å². The third-order valence-corrected chi connectivity index (χ3v) is 7.84. The van der Waals surface area contributed by atoms with Gasteiger partial charge in [0.1, 0.15) is 34.1 Å². The Kier molecular flexibility index (Phi) is 7.78. The van der Waals surface area contributed by atoms with Gasteiger partial charge in [-0.2, -0.15) is 0 Å². The minimum absolute atomic E-state index is 0.259. The molecule has 2 unspecified atom stereocenters. The number of nitrogens with two attached hydrogens (primary N) is 1. The molecular weight excluding hydrogens is 575 g/mol. The first-order valence-electron chi connectivity index (χ1n) is 14.3. The number of aromatic amines is 1. The Labute approximate surface area is 258 Å². The molecule has 3 amide bonds. The van der Waals surface area contributed by atoms with Crippen molar-refractivity contribution >= 4 is 40.1 Å². The second-order valence-corrected chi connectivity index (χ2v) is 11.4. The van der Waals surface area contributed by atoms with E-state index in [0.717, 1.165) is 17.7 Å². The number of rotatable bonds is 10. The van der Waals surface area contributed by atoms with Gasteiger partial charge in [-0.1, -0.05) is 24.3 Å². The number of primary amides is 1. The summed E-state index contributed by atoms with van der Waals surface area (Å²) in [6.07, 6.45) is 1.84. The predicted molar refractivity (Wildman–Crippen MR) is 168 cm³/mol. The summed E-state index contributed by atoms with van der Waals surface area (Å²) in [6, 6.07) is 23.4. The second-order valence-electron chi connectivity index (χ2n) is 11.4. The molecular formula is C34H31FN6O4. The Morgan fingerprint density at radius 3 is 2.47 bits per heavy atom. The summed E-state index contributed by atoms with van der Waals surface area (Å²) < 4.78 is 19.4. The van der Waals surface area contributed by atoms with Crippen LogP contribution in [0.4, 0.5) is 15.8 Å². The zero-order valence-corrected chi connectivity index (χ0v) is 24.6. The Balaban J connectivity index is 1.15. The SMILES string of the molecule is CN(C)Cc1cccc(NC(=O)c2cc3c(Oc4ccc(C5CC5(C(N)=O)C(=O)Nc5ccc(F)cc5)cc4)ccnc3[nH]2)c1. The first kappa shape index (κ1) is 29.5.